The highest BCUT2D eigenvalue weighted by Gasteiger charge is 2.17. The van der Waals surface area contributed by atoms with Crippen LogP contribution in [-0.4, -0.2) is 15.0 Å². The van der Waals surface area contributed by atoms with Crippen LogP contribution in [0.4, 0.5) is 5.82 Å². The molecule has 5 nitrogen and oxygen atoms in total. The Labute approximate surface area is 126 Å². The molecule has 0 saturated carbocycles. The maximum atomic E-state index is 5.64. The maximum absolute atomic E-state index is 5.64. The number of anilines is 1. The predicted molar refractivity (Wildman–Crippen MR) is 82.0 cm³/mol. The molecular weight excluding hydrogens is 318 g/mol. The van der Waals surface area contributed by atoms with Gasteiger partial charge in [0, 0.05) is 33.7 Å². The molecule has 0 spiro atoms. The van der Waals surface area contributed by atoms with Crippen LogP contribution in [0.2, 0.25) is 0 Å². The van der Waals surface area contributed by atoms with E-state index >= 15 is 0 Å². The summed E-state index contributed by atoms with van der Waals surface area (Å²) < 4.78 is 0.913. The first-order valence-corrected chi connectivity index (χ1v) is 7.54. The van der Waals surface area contributed by atoms with Crippen molar-refractivity contribution in [3.63, 3.8) is 0 Å². The maximum Gasteiger partial charge on any atom is 0.163 e. The molecule has 0 bridgehead atoms. The number of nitrogens with zero attached hydrogens (tertiary/aromatic N) is 3. The molecule has 0 radical (unpaired) electrons. The number of halogens is 1. The highest BCUT2D eigenvalue weighted by atomic mass is 79.9. The van der Waals surface area contributed by atoms with Crippen molar-refractivity contribution in [2.75, 3.05) is 5.43 Å². The number of aryl methyl sites for hydroxylation is 1. The lowest BCUT2D eigenvalue weighted by Crippen LogP contribution is -2.14. The fourth-order valence-electron chi connectivity index (χ4n) is 2.55. The van der Waals surface area contributed by atoms with Crippen molar-refractivity contribution in [3.05, 3.63) is 34.2 Å². The van der Waals surface area contributed by atoms with Crippen molar-refractivity contribution < 1.29 is 0 Å². The average Bonchev–Trinajstić information content (AvgIpc) is 2.71. The molecule has 1 aliphatic carbocycles. The Morgan fingerprint density at radius 3 is 2.75 bits per heavy atom. The molecule has 1 aliphatic rings. The zero-order valence-corrected chi connectivity index (χ0v) is 12.7. The minimum atomic E-state index is 0.674. The van der Waals surface area contributed by atoms with E-state index in [1.54, 1.807) is 12.4 Å². The molecule has 3 N–H and O–H groups in total. The fourth-order valence-corrected chi connectivity index (χ4v) is 2.92. The van der Waals surface area contributed by atoms with Crippen LogP contribution in [0.5, 0.6) is 0 Å². The van der Waals surface area contributed by atoms with Crippen molar-refractivity contribution >= 4 is 21.7 Å². The van der Waals surface area contributed by atoms with E-state index in [1.807, 2.05) is 6.07 Å². The van der Waals surface area contributed by atoms with Gasteiger partial charge in [-0.15, -0.1) is 0 Å². The molecule has 2 aromatic rings. The predicted octanol–water partition coefficient (Wildman–Crippen LogP) is 2.86. The molecule has 0 atom stereocenters. The summed E-state index contributed by atoms with van der Waals surface area (Å²) in [5, 5.41) is 0. The van der Waals surface area contributed by atoms with E-state index in [-0.39, 0.29) is 0 Å². The third-order valence-corrected chi connectivity index (χ3v) is 3.97. The van der Waals surface area contributed by atoms with E-state index in [1.165, 1.54) is 19.3 Å². The van der Waals surface area contributed by atoms with Gasteiger partial charge in [0.05, 0.1) is 0 Å². The lowest BCUT2D eigenvalue weighted by atomic mass is 10.1. The zero-order chi connectivity index (χ0) is 13.9. The molecule has 0 saturated heterocycles. The number of rotatable bonds is 2. The Kier molecular flexibility index (Phi) is 3.93. The van der Waals surface area contributed by atoms with Gasteiger partial charge in [0.15, 0.2) is 5.82 Å². The number of fused-ring (bicyclic) bond motifs is 1. The Bertz CT molecular complexity index is 629. The second-order valence-corrected chi connectivity index (χ2v) is 5.83. The Balaban J connectivity index is 2.11. The Hall–Kier alpha value is -1.53. The topological polar surface area (TPSA) is 76.7 Å². The summed E-state index contributed by atoms with van der Waals surface area (Å²) in [5.41, 5.74) is 5.89. The number of hydrogen-bond acceptors (Lipinski definition) is 5. The number of aromatic nitrogens is 3. The molecule has 2 aromatic heterocycles. The summed E-state index contributed by atoms with van der Waals surface area (Å²) in [6, 6.07) is 1.96. The molecule has 104 valence electrons. The minimum Gasteiger partial charge on any atom is -0.308 e. The Morgan fingerprint density at radius 2 is 1.95 bits per heavy atom. The summed E-state index contributed by atoms with van der Waals surface area (Å²) in [5.74, 6) is 7.05. The number of hydrazine groups is 1. The molecule has 6 heteroatoms. The van der Waals surface area contributed by atoms with Gasteiger partial charge in [-0.25, -0.2) is 15.8 Å². The number of nitrogen functional groups attached to an aromatic ring is 1. The standard InChI is InChI=1S/C14H16BrN5/c15-10-6-9(7-17-8-10)13-18-12-5-3-1-2-4-11(12)14(19-13)20-16/h6-8H,1-5,16H2,(H,18,19,20). The molecule has 20 heavy (non-hydrogen) atoms. The van der Waals surface area contributed by atoms with Gasteiger partial charge in [-0.3, -0.25) is 4.98 Å². The quantitative estimate of drug-likeness (QED) is 0.502. The number of nitrogens with two attached hydrogens (primary N) is 1. The van der Waals surface area contributed by atoms with E-state index in [0.29, 0.717) is 5.82 Å². The Morgan fingerprint density at radius 1 is 1.10 bits per heavy atom. The minimum absolute atomic E-state index is 0.674. The molecular formula is C14H16BrN5. The van der Waals surface area contributed by atoms with Gasteiger partial charge in [0.1, 0.15) is 5.82 Å². The molecule has 0 amide bonds. The van der Waals surface area contributed by atoms with Crippen molar-refractivity contribution in [3.8, 4) is 11.4 Å². The van der Waals surface area contributed by atoms with E-state index in [2.05, 4.69) is 31.3 Å². The number of nitrogens with one attached hydrogen (secondary N) is 1. The van der Waals surface area contributed by atoms with Crippen molar-refractivity contribution in [2.24, 2.45) is 5.84 Å². The summed E-state index contributed by atoms with van der Waals surface area (Å²) in [6.45, 7) is 0. The third kappa shape index (κ3) is 2.66. The first-order chi connectivity index (χ1) is 9.78. The van der Waals surface area contributed by atoms with Gasteiger partial charge in [0.2, 0.25) is 0 Å². The van der Waals surface area contributed by atoms with Crippen molar-refractivity contribution in [1.29, 1.82) is 0 Å². The summed E-state index contributed by atoms with van der Waals surface area (Å²) >= 11 is 3.42. The van der Waals surface area contributed by atoms with E-state index in [0.717, 1.165) is 40.0 Å². The van der Waals surface area contributed by atoms with Crippen LogP contribution in [0.25, 0.3) is 11.4 Å². The van der Waals surface area contributed by atoms with E-state index in [9.17, 15) is 0 Å². The number of pyridine rings is 1. The third-order valence-electron chi connectivity index (χ3n) is 3.53. The van der Waals surface area contributed by atoms with Crippen LogP contribution in [0.15, 0.2) is 22.9 Å². The lowest BCUT2D eigenvalue weighted by Gasteiger charge is -2.12. The molecule has 0 aliphatic heterocycles. The molecule has 0 unspecified atom stereocenters. The van der Waals surface area contributed by atoms with Crippen LogP contribution in [0.3, 0.4) is 0 Å². The van der Waals surface area contributed by atoms with Crippen molar-refractivity contribution in [1.82, 2.24) is 15.0 Å². The van der Waals surface area contributed by atoms with Gasteiger partial charge in [-0.05, 0) is 47.7 Å². The van der Waals surface area contributed by atoms with Crippen LogP contribution >= 0.6 is 15.9 Å². The van der Waals surface area contributed by atoms with E-state index < -0.39 is 0 Å². The average molecular weight is 334 g/mol. The number of hydrogen-bond donors (Lipinski definition) is 2. The molecule has 3 rings (SSSR count). The van der Waals surface area contributed by atoms with E-state index in [4.69, 9.17) is 10.8 Å². The van der Waals surface area contributed by atoms with Gasteiger partial charge >= 0.3 is 0 Å². The molecule has 0 fully saturated rings. The smallest absolute Gasteiger partial charge is 0.163 e. The largest absolute Gasteiger partial charge is 0.308 e. The summed E-state index contributed by atoms with van der Waals surface area (Å²) in [6.07, 6.45) is 9.06. The van der Waals surface area contributed by atoms with Gasteiger partial charge in [-0.2, -0.15) is 0 Å². The monoisotopic (exact) mass is 333 g/mol. The van der Waals surface area contributed by atoms with Gasteiger partial charge < -0.3 is 5.43 Å². The van der Waals surface area contributed by atoms with Crippen LogP contribution in [-0.2, 0) is 12.8 Å². The normalized spacial score (nSPS) is 14.5. The molecule has 0 aromatic carbocycles. The van der Waals surface area contributed by atoms with Gasteiger partial charge in [-0.1, -0.05) is 6.42 Å². The second-order valence-electron chi connectivity index (χ2n) is 4.92. The highest BCUT2D eigenvalue weighted by molar-refractivity contribution is 9.10. The summed E-state index contributed by atoms with van der Waals surface area (Å²) in [7, 11) is 0. The highest BCUT2D eigenvalue weighted by Crippen LogP contribution is 2.27. The first-order valence-electron chi connectivity index (χ1n) is 6.75. The SMILES string of the molecule is NNc1nc(-c2cncc(Br)c2)nc2c1CCCCC2. The van der Waals surface area contributed by atoms with Crippen LogP contribution in [0, 0.1) is 0 Å². The van der Waals surface area contributed by atoms with Gasteiger partial charge in [0.25, 0.3) is 0 Å². The first kappa shape index (κ1) is 13.5. The lowest BCUT2D eigenvalue weighted by molar-refractivity contribution is 0.709. The van der Waals surface area contributed by atoms with Crippen molar-refractivity contribution in [2.45, 2.75) is 32.1 Å². The zero-order valence-electron chi connectivity index (χ0n) is 11.1. The fraction of sp³-hybridized carbons (Fsp3) is 0.357. The second kappa shape index (κ2) is 5.85. The molecule has 2 heterocycles. The van der Waals surface area contributed by atoms with Crippen LogP contribution in [0.1, 0.15) is 30.5 Å². The van der Waals surface area contributed by atoms with Crippen LogP contribution < -0.4 is 11.3 Å². The summed E-state index contributed by atoms with van der Waals surface area (Å²) in [4.78, 5) is 13.4.